The van der Waals surface area contributed by atoms with Gasteiger partial charge in [-0.25, -0.2) is 9.78 Å². The Labute approximate surface area is 170 Å². The van der Waals surface area contributed by atoms with Crippen LogP contribution in [0.2, 0.25) is 0 Å². The zero-order valence-electron chi connectivity index (χ0n) is 15.4. The Morgan fingerprint density at radius 2 is 2.18 bits per heavy atom. The molecule has 1 saturated heterocycles. The maximum absolute atomic E-state index is 12.3. The van der Waals surface area contributed by atoms with Gasteiger partial charge in [-0.3, -0.25) is 4.79 Å². The molecule has 0 spiro atoms. The number of amides is 1. The first-order valence-corrected chi connectivity index (χ1v) is 10.8. The number of nitrogens with zero attached hydrogens (tertiary/aromatic N) is 2. The summed E-state index contributed by atoms with van der Waals surface area (Å²) in [6.45, 7) is 3.49. The lowest BCUT2D eigenvalue weighted by Gasteiger charge is -2.46. The van der Waals surface area contributed by atoms with Crippen LogP contribution >= 0.6 is 23.1 Å². The van der Waals surface area contributed by atoms with Crippen LogP contribution < -0.4 is 0 Å². The number of rotatable bonds is 6. The smallest absolute Gasteiger partial charge is 0.352 e. The van der Waals surface area contributed by atoms with Crippen LogP contribution in [0.3, 0.4) is 0 Å². The number of carbonyl (C=O) groups excluding carboxylic acids is 1. The first-order valence-electron chi connectivity index (χ1n) is 9.03. The van der Waals surface area contributed by atoms with Crippen molar-refractivity contribution in [1.82, 2.24) is 9.88 Å². The molecule has 2 N–H and O–H groups in total. The van der Waals surface area contributed by atoms with Crippen molar-refractivity contribution in [3.05, 3.63) is 47.7 Å². The molecule has 1 aromatic heterocycles. The van der Waals surface area contributed by atoms with Gasteiger partial charge in [0.2, 0.25) is 5.91 Å². The molecule has 0 bridgehead atoms. The number of aliphatic hydroxyl groups is 1. The highest BCUT2D eigenvalue weighted by atomic mass is 32.2. The van der Waals surface area contributed by atoms with Crippen LogP contribution in [-0.4, -0.2) is 49.9 Å². The largest absolute Gasteiger partial charge is 0.477 e. The first kappa shape index (κ1) is 19.2. The molecule has 1 amide bonds. The summed E-state index contributed by atoms with van der Waals surface area (Å²) < 4.78 is 2.10. The summed E-state index contributed by atoms with van der Waals surface area (Å²) in [4.78, 5) is 30.0. The fourth-order valence-electron chi connectivity index (χ4n) is 4.02. The van der Waals surface area contributed by atoms with Crippen LogP contribution in [0, 0.1) is 11.8 Å². The summed E-state index contributed by atoms with van der Waals surface area (Å²) in [6, 6.07) is 7.69. The van der Waals surface area contributed by atoms with E-state index in [1.54, 1.807) is 36.1 Å². The molecule has 2 aromatic rings. The molecule has 2 aliphatic heterocycles. The van der Waals surface area contributed by atoms with Crippen molar-refractivity contribution in [2.45, 2.75) is 30.3 Å². The van der Waals surface area contributed by atoms with E-state index in [0.717, 1.165) is 14.6 Å². The lowest BCUT2D eigenvalue weighted by molar-refractivity contribution is -0.163. The van der Waals surface area contributed by atoms with E-state index in [2.05, 4.69) is 4.98 Å². The van der Waals surface area contributed by atoms with Crippen LogP contribution in [0.1, 0.15) is 13.8 Å². The number of carboxylic acid groups (broad SMARTS) is 1. The Bertz CT molecular complexity index is 978. The number of aliphatic hydroxyl groups excluding tert-OH is 1. The third-order valence-electron chi connectivity index (χ3n) is 5.30. The number of hydrogen-bond acceptors (Lipinski definition) is 6. The monoisotopic (exact) mass is 416 g/mol. The fourth-order valence-corrected chi connectivity index (χ4v) is 5.92. The van der Waals surface area contributed by atoms with E-state index in [1.807, 2.05) is 37.3 Å². The van der Waals surface area contributed by atoms with Crippen molar-refractivity contribution >= 4 is 45.2 Å². The van der Waals surface area contributed by atoms with Crippen molar-refractivity contribution in [3.63, 3.8) is 0 Å². The van der Waals surface area contributed by atoms with E-state index in [4.69, 9.17) is 0 Å². The Hall–Kier alpha value is -2.16. The molecule has 3 unspecified atom stereocenters. The summed E-state index contributed by atoms with van der Waals surface area (Å²) in [5.41, 5.74) is 1.66. The van der Waals surface area contributed by atoms with Crippen LogP contribution in [0.15, 0.2) is 52.0 Å². The maximum Gasteiger partial charge on any atom is 0.352 e. The number of aromatic nitrogens is 1. The number of carbonyl (C=O) groups is 2. The Kier molecular flexibility index (Phi) is 5.03. The molecule has 28 heavy (non-hydrogen) atoms. The molecule has 4 atom stereocenters. The van der Waals surface area contributed by atoms with E-state index in [0.29, 0.717) is 11.3 Å². The second-order valence-electron chi connectivity index (χ2n) is 7.02. The molecule has 0 aliphatic carbocycles. The SMILES string of the molecule is CC(O)C1C(=O)N2C(C(=O)O)=C(/C=C/CSc3nc4ccccc4s3)[C@H](C)C12. The van der Waals surface area contributed by atoms with Gasteiger partial charge in [0.1, 0.15) is 5.70 Å². The molecule has 0 radical (unpaired) electrons. The van der Waals surface area contributed by atoms with Crippen molar-refractivity contribution in [2.24, 2.45) is 11.8 Å². The average Bonchev–Trinajstić information content (AvgIpc) is 3.15. The van der Waals surface area contributed by atoms with Gasteiger partial charge in [0.25, 0.3) is 0 Å². The summed E-state index contributed by atoms with van der Waals surface area (Å²) in [7, 11) is 0. The van der Waals surface area contributed by atoms with E-state index >= 15 is 0 Å². The number of thiazole rings is 1. The second kappa shape index (κ2) is 7.35. The Morgan fingerprint density at radius 3 is 2.86 bits per heavy atom. The molecular weight excluding hydrogens is 396 g/mol. The van der Waals surface area contributed by atoms with Crippen LogP contribution in [-0.2, 0) is 9.59 Å². The average molecular weight is 417 g/mol. The number of benzene rings is 1. The summed E-state index contributed by atoms with van der Waals surface area (Å²) >= 11 is 3.23. The van der Waals surface area contributed by atoms with Gasteiger partial charge in [0.05, 0.1) is 28.3 Å². The van der Waals surface area contributed by atoms with Gasteiger partial charge in [-0.15, -0.1) is 11.3 Å². The Balaban J connectivity index is 1.49. The van der Waals surface area contributed by atoms with Gasteiger partial charge in [-0.05, 0) is 24.6 Å². The van der Waals surface area contributed by atoms with E-state index in [1.165, 1.54) is 4.90 Å². The maximum atomic E-state index is 12.3. The van der Waals surface area contributed by atoms with E-state index < -0.39 is 18.0 Å². The number of aliphatic carboxylic acids is 1. The number of hydrogen-bond donors (Lipinski definition) is 2. The second-order valence-corrected chi connectivity index (χ2v) is 9.32. The predicted octanol–water partition coefficient (Wildman–Crippen LogP) is 3.14. The minimum Gasteiger partial charge on any atom is -0.477 e. The summed E-state index contributed by atoms with van der Waals surface area (Å²) in [5.74, 6) is -1.43. The molecule has 6 nitrogen and oxygen atoms in total. The number of para-hydroxylation sites is 1. The minimum atomic E-state index is -1.11. The predicted molar refractivity (Wildman–Crippen MR) is 109 cm³/mol. The van der Waals surface area contributed by atoms with Crippen LogP contribution in [0.4, 0.5) is 0 Å². The highest BCUT2D eigenvalue weighted by Crippen LogP contribution is 2.47. The Morgan fingerprint density at radius 1 is 1.43 bits per heavy atom. The van der Waals surface area contributed by atoms with Gasteiger partial charge in [-0.1, -0.05) is 43.0 Å². The van der Waals surface area contributed by atoms with Crippen LogP contribution in [0.5, 0.6) is 0 Å². The van der Waals surface area contributed by atoms with E-state index in [9.17, 15) is 19.8 Å². The summed E-state index contributed by atoms with van der Waals surface area (Å²) in [6.07, 6.45) is 2.93. The molecule has 146 valence electrons. The molecule has 1 fully saturated rings. The lowest BCUT2D eigenvalue weighted by atomic mass is 9.78. The van der Waals surface area contributed by atoms with Crippen molar-refractivity contribution in [2.75, 3.05) is 5.75 Å². The molecule has 8 heteroatoms. The van der Waals surface area contributed by atoms with E-state index in [-0.39, 0.29) is 23.6 Å². The van der Waals surface area contributed by atoms with Crippen molar-refractivity contribution in [3.8, 4) is 0 Å². The standard InChI is InChI=1S/C20H20N2O4S2/c1-10-12(17(19(25)26)22-16(10)15(11(2)23)18(22)24)6-5-9-27-20-21-13-7-3-4-8-14(13)28-20/h3-8,10-11,15-16,23H,9H2,1-2H3,(H,25,26)/b6-5+/t10-,11?,15?,16?/m0/s1. The topological polar surface area (TPSA) is 90.7 Å². The molecular formula is C20H20N2O4S2. The normalized spacial score (nSPS) is 25.5. The highest BCUT2D eigenvalue weighted by Gasteiger charge is 2.59. The minimum absolute atomic E-state index is 0.0423. The number of β-lactam (4-membered cyclic amide) rings is 1. The third kappa shape index (κ3) is 3.05. The number of carboxylic acids is 1. The van der Waals surface area contributed by atoms with Crippen molar-refractivity contribution < 1.29 is 19.8 Å². The number of allylic oxidation sites excluding steroid dienone is 1. The lowest BCUT2D eigenvalue weighted by Crippen LogP contribution is -2.63. The van der Waals surface area contributed by atoms with Crippen molar-refractivity contribution in [1.29, 1.82) is 0 Å². The van der Waals surface area contributed by atoms with Gasteiger partial charge in [0, 0.05) is 11.7 Å². The molecule has 0 saturated carbocycles. The molecule has 1 aromatic carbocycles. The molecule has 4 rings (SSSR count). The van der Waals surface area contributed by atoms with Gasteiger partial charge in [-0.2, -0.15) is 0 Å². The van der Waals surface area contributed by atoms with Crippen LogP contribution in [0.25, 0.3) is 10.2 Å². The summed E-state index contributed by atoms with van der Waals surface area (Å²) in [5, 5.41) is 19.5. The fraction of sp³-hybridized carbons (Fsp3) is 0.350. The van der Waals surface area contributed by atoms with Gasteiger partial charge in [0.15, 0.2) is 4.34 Å². The third-order valence-corrected chi connectivity index (χ3v) is 7.43. The quantitative estimate of drug-likeness (QED) is 0.555. The zero-order valence-corrected chi connectivity index (χ0v) is 17.0. The number of fused-ring (bicyclic) bond motifs is 2. The van der Waals surface area contributed by atoms with Gasteiger partial charge >= 0.3 is 5.97 Å². The molecule has 2 aliphatic rings. The molecule has 3 heterocycles. The number of thioether (sulfide) groups is 1. The highest BCUT2D eigenvalue weighted by molar-refractivity contribution is 8.01. The zero-order chi connectivity index (χ0) is 20.0. The van der Waals surface area contributed by atoms with Gasteiger partial charge < -0.3 is 15.1 Å². The first-order chi connectivity index (χ1) is 13.4.